The first-order chi connectivity index (χ1) is 11.5. The standard InChI is InChI=1S/C18H25N3O3/c1-20-10-4-9-19-17(24)18(20)7-11-21(12-8-18)16(23)13-14-5-2-3-6-15(14)22/h2-3,5-6,22H,4,7-13H2,1H3,(H,19,24). The second-order valence-electron chi connectivity index (χ2n) is 6.75. The van der Waals surface area contributed by atoms with Gasteiger partial charge in [-0.15, -0.1) is 0 Å². The van der Waals surface area contributed by atoms with E-state index in [4.69, 9.17) is 0 Å². The summed E-state index contributed by atoms with van der Waals surface area (Å²) in [6.45, 7) is 2.76. The molecule has 2 aliphatic heterocycles. The first kappa shape index (κ1) is 16.8. The third-order valence-electron chi connectivity index (χ3n) is 5.39. The quantitative estimate of drug-likeness (QED) is 0.839. The van der Waals surface area contributed by atoms with Gasteiger partial charge in [0.25, 0.3) is 0 Å². The Labute approximate surface area is 142 Å². The van der Waals surface area contributed by atoms with Gasteiger partial charge in [0.15, 0.2) is 0 Å². The van der Waals surface area contributed by atoms with Crippen molar-refractivity contribution in [3.8, 4) is 5.75 Å². The zero-order chi connectivity index (χ0) is 17.2. The second-order valence-corrected chi connectivity index (χ2v) is 6.75. The summed E-state index contributed by atoms with van der Waals surface area (Å²) < 4.78 is 0. The molecule has 0 atom stereocenters. The van der Waals surface area contributed by atoms with Crippen molar-refractivity contribution >= 4 is 11.8 Å². The summed E-state index contributed by atoms with van der Waals surface area (Å²) in [7, 11) is 2.00. The van der Waals surface area contributed by atoms with Crippen LogP contribution in [0.3, 0.4) is 0 Å². The van der Waals surface area contributed by atoms with Crippen LogP contribution in [0.2, 0.25) is 0 Å². The molecule has 6 nitrogen and oxygen atoms in total. The molecule has 6 heteroatoms. The van der Waals surface area contributed by atoms with Crippen LogP contribution < -0.4 is 5.32 Å². The minimum atomic E-state index is -0.484. The van der Waals surface area contributed by atoms with Gasteiger partial charge in [-0.2, -0.15) is 0 Å². The molecule has 2 heterocycles. The summed E-state index contributed by atoms with van der Waals surface area (Å²) in [6, 6.07) is 6.93. The number of carbonyl (C=O) groups is 2. The first-order valence-electron chi connectivity index (χ1n) is 8.57. The van der Waals surface area contributed by atoms with Crippen LogP contribution in [0.5, 0.6) is 5.75 Å². The maximum atomic E-state index is 12.5. The molecule has 24 heavy (non-hydrogen) atoms. The molecule has 0 radical (unpaired) electrons. The molecule has 2 fully saturated rings. The van der Waals surface area contributed by atoms with E-state index in [1.54, 1.807) is 18.2 Å². The summed E-state index contributed by atoms with van der Waals surface area (Å²) in [5.74, 6) is 0.251. The number of benzene rings is 1. The second kappa shape index (κ2) is 6.81. The number of para-hydroxylation sites is 1. The number of rotatable bonds is 2. The van der Waals surface area contributed by atoms with Crippen LogP contribution in [0, 0.1) is 0 Å². The number of nitrogens with zero attached hydrogens (tertiary/aromatic N) is 2. The van der Waals surface area contributed by atoms with Gasteiger partial charge in [0.05, 0.1) is 6.42 Å². The molecule has 130 valence electrons. The van der Waals surface area contributed by atoms with Crippen molar-refractivity contribution in [2.75, 3.05) is 33.2 Å². The Balaban J connectivity index is 1.65. The molecular formula is C18H25N3O3. The third-order valence-corrected chi connectivity index (χ3v) is 5.39. The Hall–Kier alpha value is -2.08. The summed E-state index contributed by atoms with van der Waals surface area (Å²) >= 11 is 0. The molecule has 3 rings (SSSR count). The average molecular weight is 331 g/mol. The number of likely N-dealkylation sites (N-methyl/N-ethyl adjacent to an activating group) is 1. The molecule has 0 aliphatic carbocycles. The number of carbonyl (C=O) groups excluding carboxylic acids is 2. The number of phenols is 1. The molecule has 1 spiro atoms. The lowest BCUT2D eigenvalue weighted by Crippen LogP contribution is -2.61. The van der Waals surface area contributed by atoms with Crippen LogP contribution in [0.25, 0.3) is 0 Å². The summed E-state index contributed by atoms with van der Waals surface area (Å²) in [5.41, 5.74) is 0.162. The summed E-state index contributed by atoms with van der Waals surface area (Å²) in [6.07, 6.45) is 2.46. The van der Waals surface area contributed by atoms with Crippen LogP contribution in [-0.4, -0.2) is 65.5 Å². The Morgan fingerprint density at radius 1 is 1.25 bits per heavy atom. The number of aromatic hydroxyl groups is 1. The van der Waals surface area contributed by atoms with Crippen molar-refractivity contribution in [3.05, 3.63) is 29.8 Å². The SMILES string of the molecule is CN1CCCNC(=O)C12CCN(C(=O)Cc1ccccc1O)CC2. The van der Waals surface area contributed by atoms with E-state index in [0.717, 1.165) is 19.5 Å². The maximum Gasteiger partial charge on any atom is 0.240 e. The van der Waals surface area contributed by atoms with Crippen LogP contribution in [0.4, 0.5) is 0 Å². The number of hydrogen-bond acceptors (Lipinski definition) is 4. The normalized spacial score (nSPS) is 21.4. The Morgan fingerprint density at radius 2 is 1.96 bits per heavy atom. The van der Waals surface area contributed by atoms with Crippen LogP contribution in [0.1, 0.15) is 24.8 Å². The largest absolute Gasteiger partial charge is 0.508 e. The molecule has 2 aliphatic rings. The minimum Gasteiger partial charge on any atom is -0.508 e. The monoisotopic (exact) mass is 331 g/mol. The summed E-state index contributed by atoms with van der Waals surface area (Å²) in [4.78, 5) is 29.0. The highest BCUT2D eigenvalue weighted by Gasteiger charge is 2.45. The van der Waals surface area contributed by atoms with E-state index in [0.29, 0.717) is 31.5 Å². The molecule has 1 aromatic carbocycles. The van der Waals surface area contributed by atoms with Crippen molar-refractivity contribution < 1.29 is 14.7 Å². The van der Waals surface area contributed by atoms with Gasteiger partial charge >= 0.3 is 0 Å². The van der Waals surface area contributed by atoms with Crippen LogP contribution in [-0.2, 0) is 16.0 Å². The van der Waals surface area contributed by atoms with Crippen LogP contribution in [0.15, 0.2) is 24.3 Å². The van der Waals surface area contributed by atoms with E-state index in [1.807, 2.05) is 18.0 Å². The van der Waals surface area contributed by atoms with Crippen molar-refractivity contribution in [2.45, 2.75) is 31.2 Å². The van der Waals surface area contributed by atoms with Gasteiger partial charge in [0.2, 0.25) is 11.8 Å². The third kappa shape index (κ3) is 3.11. The van der Waals surface area contributed by atoms with Gasteiger partial charge < -0.3 is 15.3 Å². The fourth-order valence-electron chi connectivity index (χ4n) is 3.74. The van der Waals surface area contributed by atoms with E-state index in [9.17, 15) is 14.7 Å². The fraction of sp³-hybridized carbons (Fsp3) is 0.556. The number of likely N-dealkylation sites (tertiary alicyclic amines) is 1. The average Bonchev–Trinajstić information content (AvgIpc) is 2.72. The smallest absolute Gasteiger partial charge is 0.240 e. The summed E-state index contributed by atoms with van der Waals surface area (Å²) in [5, 5.41) is 12.8. The highest BCUT2D eigenvalue weighted by molar-refractivity contribution is 5.87. The van der Waals surface area contributed by atoms with Gasteiger partial charge in [-0.1, -0.05) is 18.2 Å². The lowest BCUT2D eigenvalue weighted by Gasteiger charge is -2.45. The van der Waals surface area contributed by atoms with Crippen molar-refractivity contribution in [1.82, 2.24) is 15.1 Å². The van der Waals surface area contributed by atoms with Gasteiger partial charge in [0, 0.05) is 31.7 Å². The molecule has 2 amide bonds. The van der Waals surface area contributed by atoms with Crippen molar-refractivity contribution in [1.29, 1.82) is 0 Å². The topological polar surface area (TPSA) is 72.9 Å². The number of piperidine rings is 1. The van der Waals surface area contributed by atoms with Gasteiger partial charge in [-0.25, -0.2) is 0 Å². The van der Waals surface area contributed by atoms with E-state index in [2.05, 4.69) is 10.2 Å². The van der Waals surface area contributed by atoms with Gasteiger partial charge in [-0.3, -0.25) is 14.5 Å². The van der Waals surface area contributed by atoms with E-state index < -0.39 is 5.54 Å². The molecule has 2 saturated heterocycles. The van der Waals surface area contributed by atoms with Crippen molar-refractivity contribution in [2.24, 2.45) is 0 Å². The lowest BCUT2D eigenvalue weighted by atomic mass is 9.85. The van der Waals surface area contributed by atoms with E-state index in [-0.39, 0.29) is 24.0 Å². The molecule has 2 N–H and O–H groups in total. The van der Waals surface area contributed by atoms with Gasteiger partial charge in [-0.05, 0) is 32.4 Å². The van der Waals surface area contributed by atoms with E-state index in [1.165, 1.54) is 0 Å². The molecule has 1 aromatic rings. The predicted molar refractivity (Wildman–Crippen MR) is 90.6 cm³/mol. The molecule has 0 aromatic heterocycles. The predicted octanol–water partition coefficient (Wildman–Crippen LogP) is 0.748. The van der Waals surface area contributed by atoms with Gasteiger partial charge in [0.1, 0.15) is 11.3 Å². The lowest BCUT2D eigenvalue weighted by molar-refractivity contribution is -0.141. The minimum absolute atomic E-state index is 0.00281. The zero-order valence-corrected chi connectivity index (χ0v) is 14.1. The maximum absolute atomic E-state index is 12.5. The van der Waals surface area contributed by atoms with E-state index >= 15 is 0 Å². The Kier molecular flexibility index (Phi) is 4.76. The van der Waals surface area contributed by atoms with Crippen LogP contribution >= 0.6 is 0 Å². The Morgan fingerprint density at radius 3 is 2.67 bits per heavy atom. The Bertz CT molecular complexity index is 624. The highest BCUT2D eigenvalue weighted by atomic mass is 16.3. The number of amides is 2. The number of nitrogens with one attached hydrogen (secondary N) is 1. The highest BCUT2D eigenvalue weighted by Crippen LogP contribution is 2.30. The molecular weight excluding hydrogens is 306 g/mol. The molecule has 0 unspecified atom stereocenters. The number of phenolic OH excluding ortho intramolecular Hbond substituents is 1. The van der Waals surface area contributed by atoms with Crippen molar-refractivity contribution in [3.63, 3.8) is 0 Å². The fourth-order valence-corrected chi connectivity index (χ4v) is 3.74. The first-order valence-corrected chi connectivity index (χ1v) is 8.57. The molecule has 0 bridgehead atoms. The number of hydrogen-bond donors (Lipinski definition) is 2. The molecule has 0 saturated carbocycles. The zero-order valence-electron chi connectivity index (χ0n) is 14.1.